The van der Waals surface area contributed by atoms with E-state index in [0.29, 0.717) is 18.0 Å². The van der Waals surface area contributed by atoms with E-state index in [4.69, 9.17) is 4.52 Å². The molecule has 2 aromatic rings. The number of nitrogens with one attached hydrogen (secondary N) is 1. The maximum absolute atomic E-state index is 12.9. The minimum absolute atomic E-state index is 0.0427. The summed E-state index contributed by atoms with van der Waals surface area (Å²) in [4.78, 5) is 16.1. The fourth-order valence-corrected chi connectivity index (χ4v) is 4.31. The minimum Gasteiger partial charge on any atom is -0.359 e. The third-order valence-electron chi connectivity index (χ3n) is 4.05. The van der Waals surface area contributed by atoms with Gasteiger partial charge in [-0.25, -0.2) is 13.4 Å². The van der Waals surface area contributed by atoms with Gasteiger partial charge in [0.15, 0.2) is 10.8 Å². The second kappa shape index (κ2) is 7.77. The molecule has 0 spiro atoms. The van der Waals surface area contributed by atoms with Gasteiger partial charge >= 0.3 is 6.18 Å². The highest BCUT2D eigenvalue weighted by molar-refractivity contribution is 7.92. The molecule has 7 nitrogen and oxygen atoms in total. The van der Waals surface area contributed by atoms with Gasteiger partial charge in [0.25, 0.3) is 0 Å². The lowest BCUT2D eigenvalue weighted by Gasteiger charge is -2.19. The van der Waals surface area contributed by atoms with Crippen LogP contribution in [0.15, 0.2) is 33.9 Å². The Labute approximate surface area is 166 Å². The molecular formula is C18H22F3N3O4S. The highest BCUT2D eigenvalue weighted by atomic mass is 32.2. The van der Waals surface area contributed by atoms with E-state index in [9.17, 15) is 26.4 Å². The number of carbonyl (C=O) groups is 1. The number of amides is 1. The first-order valence-electron chi connectivity index (χ1n) is 8.69. The lowest BCUT2D eigenvalue weighted by Crippen LogP contribution is -2.39. The molecule has 1 amide bonds. The predicted octanol–water partition coefficient (Wildman–Crippen LogP) is 3.82. The Balaban J connectivity index is 2.32. The number of anilines is 1. The van der Waals surface area contributed by atoms with Crippen LogP contribution in [0.25, 0.3) is 0 Å². The van der Waals surface area contributed by atoms with Crippen molar-refractivity contribution in [1.82, 2.24) is 10.1 Å². The van der Waals surface area contributed by atoms with Crippen LogP contribution < -0.4 is 5.32 Å². The predicted molar refractivity (Wildman–Crippen MR) is 98.9 cm³/mol. The molecule has 29 heavy (non-hydrogen) atoms. The number of aromatic nitrogens is 2. The fourth-order valence-electron chi connectivity index (χ4n) is 2.53. The summed E-state index contributed by atoms with van der Waals surface area (Å²) in [6.07, 6.45) is -4.22. The molecule has 2 aromatic heterocycles. The largest absolute Gasteiger partial charge is 0.417 e. The average molecular weight is 433 g/mol. The molecule has 0 aromatic carbocycles. The van der Waals surface area contributed by atoms with Crippen LogP contribution in [-0.2, 0) is 26.2 Å². The van der Waals surface area contributed by atoms with Crippen LogP contribution in [-0.4, -0.2) is 29.7 Å². The SMILES string of the molecule is CC(C)C(C(=O)Nc1cc(C(C)(C)C)on1)S(=O)(=O)c1ccc(C(F)(F)F)cn1. The van der Waals surface area contributed by atoms with E-state index >= 15 is 0 Å². The topological polar surface area (TPSA) is 102 Å². The Bertz CT molecular complexity index is 975. The van der Waals surface area contributed by atoms with Crippen LogP contribution in [0.5, 0.6) is 0 Å². The summed E-state index contributed by atoms with van der Waals surface area (Å²) in [7, 11) is -4.35. The summed E-state index contributed by atoms with van der Waals surface area (Å²) in [5, 5.41) is 3.91. The molecule has 1 unspecified atom stereocenters. The Morgan fingerprint density at radius 1 is 1.17 bits per heavy atom. The Morgan fingerprint density at radius 2 is 1.79 bits per heavy atom. The molecule has 0 bridgehead atoms. The van der Waals surface area contributed by atoms with Gasteiger partial charge in [0, 0.05) is 17.7 Å². The van der Waals surface area contributed by atoms with Crippen molar-refractivity contribution in [3.63, 3.8) is 0 Å². The van der Waals surface area contributed by atoms with E-state index in [2.05, 4.69) is 15.5 Å². The summed E-state index contributed by atoms with van der Waals surface area (Å²) in [5.74, 6) is -1.03. The summed E-state index contributed by atoms with van der Waals surface area (Å²) in [6.45, 7) is 8.63. The molecule has 160 valence electrons. The Hall–Kier alpha value is -2.43. The number of nitrogens with zero attached hydrogens (tertiary/aromatic N) is 2. The van der Waals surface area contributed by atoms with Crippen LogP contribution in [0.4, 0.5) is 19.0 Å². The van der Waals surface area contributed by atoms with Gasteiger partial charge in [-0.2, -0.15) is 13.2 Å². The monoisotopic (exact) mass is 433 g/mol. The number of pyridine rings is 1. The van der Waals surface area contributed by atoms with Gasteiger partial charge in [-0.3, -0.25) is 4.79 Å². The Kier molecular flexibility index (Phi) is 6.12. The zero-order valence-electron chi connectivity index (χ0n) is 16.5. The number of sulfone groups is 1. The van der Waals surface area contributed by atoms with Gasteiger partial charge < -0.3 is 9.84 Å². The maximum Gasteiger partial charge on any atom is 0.417 e. The van der Waals surface area contributed by atoms with Crippen LogP contribution in [0.3, 0.4) is 0 Å². The average Bonchev–Trinajstić information content (AvgIpc) is 3.02. The van der Waals surface area contributed by atoms with E-state index in [1.165, 1.54) is 19.9 Å². The second-order valence-electron chi connectivity index (χ2n) is 7.91. The molecule has 0 fully saturated rings. The molecule has 0 radical (unpaired) electrons. The number of rotatable bonds is 5. The second-order valence-corrected chi connectivity index (χ2v) is 9.92. The lowest BCUT2D eigenvalue weighted by molar-refractivity contribution is -0.137. The van der Waals surface area contributed by atoms with Crippen molar-refractivity contribution in [3.8, 4) is 0 Å². The van der Waals surface area contributed by atoms with Crippen molar-refractivity contribution < 1.29 is 30.9 Å². The highest BCUT2D eigenvalue weighted by Gasteiger charge is 2.39. The number of hydrogen-bond acceptors (Lipinski definition) is 6. The van der Waals surface area contributed by atoms with Crippen molar-refractivity contribution in [2.45, 2.75) is 56.5 Å². The molecule has 2 heterocycles. The molecule has 11 heteroatoms. The van der Waals surface area contributed by atoms with Crippen LogP contribution in [0.2, 0.25) is 0 Å². The quantitative estimate of drug-likeness (QED) is 0.769. The van der Waals surface area contributed by atoms with E-state index in [1.807, 2.05) is 20.8 Å². The van der Waals surface area contributed by atoms with Crippen molar-refractivity contribution in [3.05, 3.63) is 35.7 Å². The summed E-state index contributed by atoms with van der Waals surface area (Å²) in [6, 6.07) is 2.84. The molecule has 0 saturated carbocycles. The van der Waals surface area contributed by atoms with Gasteiger partial charge in [0.05, 0.1) is 5.56 Å². The minimum atomic E-state index is -4.65. The number of halogens is 3. The number of carbonyl (C=O) groups excluding carboxylic acids is 1. The van der Waals surface area contributed by atoms with Crippen molar-refractivity contribution in [2.75, 3.05) is 5.32 Å². The van der Waals surface area contributed by atoms with Gasteiger partial charge in [0.2, 0.25) is 15.7 Å². The molecule has 0 aliphatic rings. The van der Waals surface area contributed by atoms with E-state index in [0.717, 1.165) is 6.07 Å². The smallest absolute Gasteiger partial charge is 0.359 e. The molecule has 2 rings (SSSR count). The summed E-state index contributed by atoms with van der Waals surface area (Å²) >= 11 is 0. The van der Waals surface area contributed by atoms with Gasteiger partial charge in [0.1, 0.15) is 11.0 Å². The van der Waals surface area contributed by atoms with Crippen molar-refractivity contribution in [1.29, 1.82) is 0 Å². The van der Waals surface area contributed by atoms with Gasteiger partial charge in [-0.15, -0.1) is 0 Å². The van der Waals surface area contributed by atoms with E-state index in [-0.39, 0.29) is 11.2 Å². The van der Waals surface area contributed by atoms with Crippen molar-refractivity contribution >= 4 is 21.6 Å². The van der Waals surface area contributed by atoms with E-state index < -0.39 is 43.7 Å². The normalized spacial score (nSPS) is 14.1. The molecule has 1 N–H and O–H groups in total. The summed E-state index contributed by atoms with van der Waals surface area (Å²) in [5.41, 5.74) is -1.46. The van der Waals surface area contributed by atoms with Crippen LogP contribution in [0, 0.1) is 5.92 Å². The third kappa shape index (κ3) is 5.14. The zero-order chi connectivity index (χ0) is 22.2. The standard InChI is InChI=1S/C18H22F3N3O4S/c1-10(2)15(16(25)23-13-8-12(28-24-13)17(3,4)5)29(26,27)14-7-6-11(9-22-14)18(19,20)21/h6-10,15H,1-5H3,(H,23,24,25). The van der Waals surface area contributed by atoms with Crippen LogP contribution in [0.1, 0.15) is 45.9 Å². The molecule has 1 atom stereocenters. The fraction of sp³-hybridized carbons (Fsp3) is 0.500. The maximum atomic E-state index is 12.9. The van der Waals surface area contributed by atoms with Gasteiger partial charge in [-0.1, -0.05) is 39.8 Å². The Morgan fingerprint density at radius 3 is 2.21 bits per heavy atom. The van der Waals surface area contributed by atoms with E-state index in [1.54, 1.807) is 0 Å². The molecule has 0 saturated heterocycles. The highest BCUT2D eigenvalue weighted by Crippen LogP contribution is 2.30. The van der Waals surface area contributed by atoms with Crippen LogP contribution >= 0.6 is 0 Å². The zero-order valence-corrected chi connectivity index (χ0v) is 17.4. The van der Waals surface area contributed by atoms with Gasteiger partial charge in [-0.05, 0) is 18.1 Å². The molecule has 0 aliphatic carbocycles. The number of alkyl halides is 3. The number of hydrogen-bond donors (Lipinski definition) is 1. The van der Waals surface area contributed by atoms with Crippen molar-refractivity contribution in [2.24, 2.45) is 5.92 Å². The molecular weight excluding hydrogens is 411 g/mol. The lowest BCUT2D eigenvalue weighted by atomic mass is 9.93. The first-order valence-corrected chi connectivity index (χ1v) is 10.2. The molecule has 0 aliphatic heterocycles. The first-order chi connectivity index (χ1) is 13.1. The summed E-state index contributed by atoms with van der Waals surface area (Å²) < 4.78 is 69.0. The first kappa shape index (κ1) is 22.9. The third-order valence-corrected chi connectivity index (χ3v) is 6.31.